The number of rotatable bonds is 5. The van der Waals surface area contributed by atoms with Crippen LogP contribution in [0.15, 0.2) is 11.2 Å². The lowest BCUT2D eigenvalue weighted by atomic mass is 9.78. The molecule has 96 valence electrons. The van der Waals surface area contributed by atoms with Crippen LogP contribution >= 0.6 is 0 Å². The number of aryl methyl sites for hydroxylation is 1. The van der Waals surface area contributed by atoms with E-state index in [0.29, 0.717) is 25.1 Å². The first-order valence-electron chi connectivity index (χ1n) is 5.70. The van der Waals surface area contributed by atoms with Gasteiger partial charge in [-0.05, 0) is 19.3 Å². The number of aromatic nitrogens is 2. The lowest BCUT2D eigenvalue weighted by Crippen LogP contribution is -2.56. The molecule has 0 aliphatic heterocycles. The monoisotopic (exact) mass is 259 g/mol. The Hall–Kier alpha value is -0.920. The van der Waals surface area contributed by atoms with E-state index < -0.39 is 15.6 Å². The van der Waals surface area contributed by atoms with Crippen molar-refractivity contribution in [1.82, 2.24) is 14.7 Å². The van der Waals surface area contributed by atoms with E-state index in [-0.39, 0.29) is 11.6 Å². The molecule has 6 nitrogen and oxygen atoms in total. The number of aliphatic hydroxyl groups excluding tert-OH is 1. The Morgan fingerprint density at radius 1 is 1.59 bits per heavy atom. The molecule has 2 rings (SSSR count). The maximum atomic E-state index is 12.0. The summed E-state index contributed by atoms with van der Waals surface area (Å²) in [6.07, 6.45) is 4.26. The van der Waals surface area contributed by atoms with Gasteiger partial charge in [-0.1, -0.05) is 6.92 Å². The van der Waals surface area contributed by atoms with E-state index in [0.717, 1.165) is 6.42 Å². The molecule has 1 aliphatic rings. The van der Waals surface area contributed by atoms with Crippen molar-refractivity contribution in [3.05, 3.63) is 12.0 Å². The first-order chi connectivity index (χ1) is 8.01. The number of nitrogens with zero attached hydrogens (tertiary/aromatic N) is 1. The van der Waals surface area contributed by atoms with Gasteiger partial charge in [-0.15, -0.1) is 0 Å². The van der Waals surface area contributed by atoms with E-state index in [9.17, 15) is 13.5 Å². The zero-order chi connectivity index (χ0) is 12.5. The van der Waals surface area contributed by atoms with Crippen molar-refractivity contribution in [3.63, 3.8) is 0 Å². The van der Waals surface area contributed by atoms with Crippen molar-refractivity contribution in [3.8, 4) is 0 Å². The topological polar surface area (TPSA) is 95.1 Å². The predicted molar refractivity (Wildman–Crippen MR) is 62.0 cm³/mol. The van der Waals surface area contributed by atoms with Gasteiger partial charge in [0.25, 0.3) is 10.0 Å². The van der Waals surface area contributed by atoms with Gasteiger partial charge in [-0.25, -0.2) is 18.1 Å². The molecule has 0 unspecified atom stereocenters. The summed E-state index contributed by atoms with van der Waals surface area (Å²) in [5.41, 5.74) is -0.670. The van der Waals surface area contributed by atoms with Crippen LogP contribution in [0.3, 0.4) is 0 Å². The van der Waals surface area contributed by atoms with Crippen molar-refractivity contribution in [2.75, 3.05) is 6.61 Å². The molecule has 0 spiro atoms. The molecule has 1 fully saturated rings. The molecule has 1 aliphatic carbocycles. The number of aliphatic hydroxyl groups is 1. The number of hydrogen-bond donors (Lipinski definition) is 3. The van der Waals surface area contributed by atoms with Gasteiger partial charge in [0.1, 0.15) is 5.82 Å². The van der Waals surface area contributed by atoms with E-state index in [1.165, 1.54) is 6.20 Å². The maximum absolute atomic E-state index is 12.0. The van der Waals surface area contributed by atoms with Crippen LogP contribution in [0.5, 0.6) is 0 Å². The average Bonchev–Trinajstić information content (AvgIpc) is 2.72. The predicted octanol–water partition coefficient (Wildman–Crippen LogP) is 0.165. The van der Waals surface area contributed by atoms with Gasteiger partial charge in [0.2, 0.25) is 0 Å². The minimum Gasteiger partial charge on any atom is -0.394 e. The summed E-state index contributed by atoms with van der Waals surface area (Å²) >= 11 is 0. The van der Waals surface area contributed by atoms with Crippen LogP contribution in [0.1, 0.15) is 32.0 Å². The Morgan fingerprint density at radius 3 is 2.71 bits per heavy atom. The second kappa shape index (κ2) is 4.40. The van der Waals surface area contributed by atoms with Gasteiger partial charge in [0.15, 0.2) is 5.03 Å². The Labute approximate surface area is 101 Å². The van der Waals surface area contributed by atoms with Gasteiger partial charge in [-0.2, -0.15) is 0 Å². The number of hydrogen-bond acceptors (Lipinski definition) is 4. The number of nitrogens with one attached hydrogen (secondary N) is 2. The Bertz CT molecular complexity index is 485. The molecule has 0 radical (unpaired) electrons. The summed E-state index contributed by atoms with van der Waals surface area (Å²) in [5.74, 6) is 0.636. The number of sulfonamides is 1. The summed E-state index contributed by atoms with van der Waals surface area (Å²) in [6.45, 7) is 1.73. The van der Waals surface area contributed by atoms with Crippen LogP contribution in [0.2, 0.25) is 0 Å². The van der Waals surface area contributed by atoms with E-state index in [1.807, 2.05) is 6.92 Å². The zero-order valence-corrected chi connectivity index (χ0v) is 10.5. The van der Waals surface area contributed by atoms with E-state index >= 15 is 0 Å². The van der Waals surface area contributed by atoms with Crippen LogP contribution in [-0.2, 0) is 16.4 Å². The van der Waals surface area contributed by atoms with Crippen molar-refractivity contribution >= 4 is 10.0 Å². The molecule has 1 heterocycles. The lowest BCUT2D eigenvalue weighted by molar-refractivity contribution is 0.110. The molecular weight excluding hydrogens is 242 g/mol. The highest BCUT2D eigenvalue weighted by molar-refractivity contribution is 7.89. The first-order valence-corrected chi connectivity index (χ1v) is 7.18. The summed E-state index contributed by atoms with van der Waals surface area (Å²) in [4.78, 5) is 6.72. The van der Waals surface area contributed by atoms with Gasteiger partial charge in [0, 0.05) is 6.42 Å². The molecule has 1 aromatic rings. The molecular formula is C10H17N3O3S. The molecule has 1 saturated carbocycles. The van der Waals surface area contributed by atoms with Crippen molar-refractivity contribution in [1.29, 1.82) is 0 Å². The van der Waals surface area contributed by atoms with Crippen LogP contribution in [0, 0.1) is 0 Å². The first kappa shape index (κ1) is 12.5. The third-order valence-corrected chi connectivity index (χ3v) is 4.68. The third-order valence-electron chi connectivity index (χ3n) is 3.19. The SMILES string of the molecule is CCc1ncc(S(=O)(=O)NC2(CO)CCC2)[nH]1. The van der Waals surface area contributed by atoms with E-state index in [2.05, 4.69) is 14.7 Å². The van der Waals surface area contributed by atoms with E-state index in [1.54, 1.807) is 0 Å². The van der Waals surface area contributed by atoms with Gasteiger partial charge >= 0.3 is 0 Å². The molecule has 0 atom stereocenters. The smallest absolute Gasteiger partial charge is 0.258 e. The van der Waals surface area contributed by atoms with Crippen LogP contribution in [-0.4, -0.2) is 35.6 Å². The second-order valence-electron chi connectivity index (χ2n) is 4.45. The second-order valence-corrected chi connectivity index (χ2v) is 6.10. The fraction of sp³-hybridized carbons (Fsp3) is 0.700. The minimum absolute atomic E-state index is 0.0640. The molecule has 1 aromatic heterocycles. The third kappa shape index (κ3) is 2.36. The quantitative estimate of drug-likeness (QED) is 0.702. The van der Waals surface area contributed by atoms with Gasteiger partial charge in [0.05, 0.1) is 18.3 Å². The molecule has 3 N–H and O–H groups in total. The minimum atomic E-state index is -3.61. The Kier molecular flexibility index (Phi) is 3.24. The van der Waals surface area contributed by atoms with Gasteiger partial charge < -0.3 is 10.1 Å². The summed E-state index contributed by atoms with van der Waals surface area (Å²) in [6, 6.07) is 0. The molecule has 0 bridgehead atoms. The number of aromatic amines is 1. The number of imidazole rings is 1. The standard InChI is InChI=1S/C10H17N3O3S/c1-2-8-11-6-9(12-8)17(15,16)13-10(7-14)4-3-5-10/h6,13-14H,2-5,7H2,1H3,(H,11,12). The van der Waals surface area contributed by atoms with Crippen LogP contribution in [0.25, 0.3) is 0 Å². The summed E-state index contributed by atoms with van der Waals surface area (Å²) in [5, 5.41) is 9.31. The molecule has 0 saturated heterocycles. The average molecular weight is 259 g/mol. The van der Waals surface area contributed by atoms with Crippen molar-refractivity contribution < 1.29 is 13.5 Å². The maximum Gasteiger partial charge on any atom is 0.258 e. The Balaban J connectivity index is 2.18. The van der Waals surface area contributed by atoms with Gasteiger partial charge in [-0.3, -0.25) is 0 Å². The van der Waals surface area contributed by atoms with Crippen LogP contribution < -0.4 is 4.72 Å². The summed E-state index contributed by atoms with van der Waals surface area (Å²) in [7, 11) is -3.61. The molecule has 17 heavy (non-hydrogen) atoms. The van der Waals surface area contributed by atoms with Crippen molar-refractivity contribution in [2.45, 2.75) is 43.2 Å². The largest absolute Gasteiger partial charge is 0.394 e. The van der Waals surface area contributed by atoms with E-state index in [4.69, 9.17) is 0 Å². The zero-order valence-electron chi connectivity index (χ0n) is 9.73. The fourth-order valence-electron chi connectivity index (χ4n) is 1.90. The molecule has 0 amide bonds. The molecule has 0 aromatic carbocycles. The highest BCUT2D eigenvalue weighted by atomic mass is 32.2. The fourth-order valence-corrected chi connectivity index (χ4v) is 3.29. The Morgan fingerprint density at radius 2 is 2.29 bits per heavy atom. The van der Waals surface area contributed by atoms with Crippen molar-refractivity contribution in [2.24, 2.45) is 0 Å². The molecule has 7 heteroatoms. The highest BCUT2D eigenvalue weighted by Gasteiger charge is 2.40. The number of H-pyrrole nitrogens is 1. The van der Waals surface area contributed by atoms with Crippen LogP contribution in [0.4, 0.5) is 0 Å². The highest BCUT2D eigenvalue weighted by Crippen LogP contribution is 2.32. The lowest BCUT2D eigenvalue weighted by Gasteiger charge is -2.40. The summed E-state index contributed by atoms with van der Waals surface area (Å²) < 4.78 is 26.6. The normalized spacial score (nSPS) is 18.9.